The molecule has 6 heteroatoms. The molecule has 1 atom stereocenters. The Hall–Kier alpha value is -2.13. The molecule has 0 amide bonds. The van der Waals surface area contributed by atoms with Crippen molar-refractivity contribution < 1.29 is 14.3 Å². The van der Waals surface area contributed by atoms with Gasteiger partial charge in [-0.25, -0.2) is 4.98 Å². The van der Waals surface area contributed by atoms with E-state index in [0.717, 1.165) is 5.69 Å². The lowest BCUT2D eigenvalue weighted by Gasteiger charge is -2.33. The normalized spacial score (nSPS) is 18.4. The SMILES string of the molecule is COC(=O)CC1CN(c2nc(C)ccc2C#N)CCO1. The predicted octanol–water partition coefficient (Wildman–Crippen LogP) is 1.03. The fourth-order valence-electron chi connectivity index (χ4n) is 2.18. The molecule has 1 aliphatic heterocycles. The minimum absolute atomic E-state index is 0.209. The number of hydrogen-bond donors (Lipinski definition) is 0. The smallest absolute Gasteiger partial charge is 0.308 e. The molecular weight excluding hydrogens is 258 g/mol. The molecule has 0 saturated carbocycles. The van der Waals surface area contributed by atoms with Gasteiger partial charge in [0.05, 0.1) is 31.8 Å². The number of rotatable bonds is 3. The molecule has 1 fully saturated rings. The van der Waals surface area contributed by atoms with Crippen LogP contribution in [0.25, 0.3) is 0 Å². The highest BCUT2D eigenvalue weighted by atomic mass is 16.5. The molecule has 0 spiro atoms. The molecular formula is C14H17N3O3. The lowest BCUT2D eigenvalue weighted by Crippen LogP contribution is -2.44. The van der Waals surface area contributed by atoms with Crippen molar-refractivity contribution in [3.05, 3.63) is 23.4 Å². The summed E-state index contributed by atoms with van der Waals surface area (Å²) in [6.07, 6.45) is -0.0224. The number of methoxy groups -OCH3 is 1. The number of nitrogens with zero attached hydrogens (tertiary/aromatic N) is 3. The van der Waals surface area contributed by atoms with Gasteiger partial charge in [-0.3, -0.25) is 4.79 Å². The Morgan fingerprint density at radius 3 is 3.15 bits per heavy atom. The number of aryl methyl sites for hydroxylation is 1. The summed E-state index contributed by atoms with van der Waals surface area (Å²) in [5.41, 5.74) is 1.39. The van der Waals surface area contributed by atoms with Crippen molar-refractivity contribution in [2.45, 2.75) is 19.4 Å². The summed E-state index contributed by atoms with van der Waals surface area (Å²) in [5.74, 6) is 0.361. The van der Waals surface area contributed by atoms with E-state index in [4.69, 9.17) is 10.00 Å². The van der Waals surface area contributed by atoms with Crippen LogP contribution >= 0.6 is 0 Å². The van der Waals surface area contributed by atoms with Crippen LogP contribution in [-0.2, 0) is 14.3 Å². The van der Waals surface area contributed by atoms with Crippen molar-refractivity contribution >= 4 is 11.8 Å². The molecule has 20 heavy (non-hydrogen) atoms. The molecule has 1 saturated heterocycles. The molecule has 0 radical (unpaired) electrons. The van der Waals surface area contributed by atoms with Gasteiger partial charge in [0, 0.05) is 18.8 Å². The van der Waals surface area contributed by atoms with Crippen LogP contribution in [0.3, 0.4) is 0 Å². The van der Waals surface area contributed by atoms with Gasteiger partial charge in [-0.15, -0.1) is 0 Å². The summed E-state index contributed by atoms with van der Waals surface area (Å²) in [5, 5.41) is 9.17. The van der Waals surface area contributed by atoms with E-state index in [-0.39, 0.29) is 18.5 Å². The summed E-state index contributed by atoms with van der Waals surface area (Å²) in [6, 6.07) is 5.73. The van der Waals surface area contributed by atoms with Crippen LogP contribution in [0, 0.1) is 18.3 Å². The number of anilines is 1. The maximum Gasteiger partial charge on any atom is 0.308 e. The van der Waals surface area contributed by atoms with Crippen molar-refractivity contribution in [1.29, 1.82) is 5.26 Å². The molecule has 1 aromatic rings. The minimum Gasteiger partial charge on any atom is -0.469 e. The van der Waals surface area contributed by atoms with E-state index < -0.39 is 0 Å². The van der Waals surface area contributed by atoms with Crippen molar-refractivity contribution in [2.24, 2.45) is 0 Å². The van der Waals surface area contributed by atoms with Crippen LogP contribution < -0.4 is 4.90 Å². The number of esters is 1. The van der Waals surface area contributed by atoms with E-state index in [9.17, 15) is 4.79 Å². The zero-order valence-electron chi connectivity index (χ0n) is 11.6. The molecule has 0 bridgehead atoms. The summed E-state index contributed by atoms with van der Waals surface area (Å²) in [4.78, 5) is 17.7. The largest absolute Gasteiger partial charge is 0.469 e. The average Bonchev–Trinajstić information content (AvgIpc) is 2.47. The van der Waals surface area contributed by atoms with Gasteiger partial charge in [-0.05, 0) is 19.1 Å². The van der Waals surface area contributed by atoms with Crippen molar-refractivity contribution in [2.75, 3.05) is 31.7 Å². The first kappa shape index (κ1) is 14.3. The summed E-state index contributed by atoms with van der Waals surface area (Å²) in [6.45, 7) is 3.57. The van der Waals surface area contributed by atoms with Crippen LogP contribution in [-0.4, -0.2) is 43.9 Å². The molecule has 0 aliphatic carbocycles. The number of nitriles is 1. The fourth-order valence-corrected chi connectivity index (χ4v) is 2.18. The summed E-state index contributed by atoms with van der Waals surface area (Å²) >= 11 is 0. The van der Waals surface area contributed by atoms with Gasteiger partial charge in [0.2, 0.25) is 0 Å². The van der Waals surface area contributed by atoms with Gasteiger partial charge in [0.1, 0.15) is 11.9 Å². The Kier molecular flexibility index (Phi) is 4.53. The van der Waals surface area contributed by atoms with Crippen molar-refractivity contribution in [3.63, 3.8) is 0 Å². The summed E-state index contributed by atoms with van der Waals surface area (Å²) in [7, 11) is 1.36. The number of carbonyl (C=O) groups is 1. The van der Waals surface area contributed by atoms with Crippen LogP contribution in [0.15, 0.2) is 12.1 Å². The van der Waals surface area contributed by atoms with E-state index in [1.165, 1.54) is 7.11 Å². The topological polar surface area (TPSA) is 75.5 Å². The molecule has 0 N–H and O–H groups in total. The van der Waals surface area contributed by atoms with E-state index in [1.54, 1.807) is 6.07 Å². The maximum absolute atomic E-state index is 11.3. The second-order valence-corrected chi connectivity index (χ2v) is 4.65. The van der Waals surface area contributed by atoms with E-state index in [0.29, 0.717) is 31.1 Å². The third-order valence-corrected chi connectivity index (χ3v) is 3.20. The second kappa shape index (κ2) is 6.35. The molecule has 106 valence electrons. The lowest BCUT2D eigenvalue weighted by atomic mass is 10.1. The lowest BCUT2D eigenvalue weighted by molar-refractivity contribution is -0.144. The number of hydrogen-bond acceptors (Lipinski definition) is 6. The number of pyridine rings is 1. The van der Waals surface area contributed by atoms with Gasteiger partial charge < -0.3 is 14.4 Å². The molecule has 1 unspecified atom stereocenters. The number of ether oxygens (including phenoxy) is 2. The van der Waals surface area contributed by atoms with Gasteiger partial charge in [0.25, 0.3) is 0 Å². The van der Waals surface area contributed by atoms with Crippen molar-refractivity contribution in [1.82, 2.24) is 4.98 Å². The van der Waals surface area contributed by atoms with E-state index >= 15 is 0 Å². The van der Waals surface area contributed by atoms with Gasteiger partial charge in [0.15, 0.2) is 0 Å². The van der Waals surface area contributed by atoms with Crippen LogP contribution in [0.1, 0.15) is 17.7 Å². The highest BCUT2D eigenvalue weighted by Crippen LogP contribution is 2.21. The molecule has 1 aromatic heterocycles. The van der Waals surface area contributed by atoms with Crippen LogP contribution in [0.2, 0.25) is 0 Å². The Labute approximate surface area is 117 Å². The minimum atomic E-state index is -0.297. The van der Waals surface area contributed by atoms with E-state index in [2.05, 4.69) is 15.8 Å². The number of aromatic nitrogens is 1. The molecule has 6 nitrogen and oxygen atoms in total. The Bertz CT molecular complexity index is 539. The zero-order chi connectivity index (χ0) is 14.5. The quantitative estimate of drug-likeness (QED) is 0.767. The first-order valence-electron chi connectivity index (χ1n) is 6.45. The van der Waals surface area contributed by atoms with E-state index in [1.807, 2.05) is 17.9 Å². The summed E-state index contributed by atoms with van der Waals surface area (Å²) < 4.78 is 10.2. The number of carbonyl (C=O) groups excluding carboxylic acids is 1. The fraction of sp³-hybridized carbons (Fsp3) is 0.500. The Morgan fingerprint density at radius 2 is 2.45 bits per heavy atom. The maximum atomic E-state index is 11.3. The van der Waals surface area contributed by atoms with Gasteiger partial charge >= 0.3 is 5.97 Å². The predicted molar refractivity (Wildman–Crippen MR) is 72.3 cm³/mol. The highest BCUT2D eigenvalue weighted by Gasteiger charge is 2.25. The third-order valence-electron chi connectivity index (χ3n) is 3.20. The molecule has 2 rings (SSSR count). The standard InChI is InChI=1S/C14H17N3O3/c1-10-3-4-11(8-15)14(16-10)17-5-6-20-12(9-17)7-13(18)19-2/h3-4,12H,5-7,9H2,1-2H3. The van der Waals surface area contributed by atoms with Crippen LogP contribution in [0.5, 0.6) is 0 Å². The van der Waals surface area contributed by atoms with Gasteiger partial charge in [-0.1, -0.05) is 0 Å². The third kappa shape index (κ3) is 3.25. The first-order valence-corrected chi connectivity index (χ1v) is 6.45. The second-order valence-electron chi connectivity index (χ2n) is 4.65. The Balaban J connectivity index is 2.15. The zero-order valence-corrected chi connectivity index (χ0v) is 11.6. The molecule has 2 heterocycles. The molecule has 1 aliphatic rings. The Morgan fingerprint density at radius 1 is 1.65 bits per heavy atom. The van der Waals surface area contributed by atoms with Crippen molar-refractivity contribution in [3.8, 4) is 6.07 Å². The monoisotopic (exact) mass is 275 g/mol. The molecule has 0 aromatic carbocycles. The highest BCUT2D eigenvalue weighted by molar-refractivity contribution is 5.70. The van der Waals surface area contributed by atoms with Crippen LogP contribution in [0.4, 0.5) is 5.82 Å². The first-order chi connectivity index (χ1) is 9.63. The number of morpholine rings is 1. The average molecular weight is 275 g/mol. The van der Waals surface area contributed by atoms with Gasteiger partial charge in [-0.2, -0.15) is 5.26 Å².